The third-order valence-corrected chi connectivity index (χ3v) is 2.46. The molecular formula is C9H17Cl2NO2. The molecule has 1 heterocycles. The summed E-state index contributed by atoms with van der Waals surface area (Å²) in [5, 5.41) is 8.85. The molecular weight excluding hydrogens is 225 g/mol. The molecule has 0 saturated carbocycles. The zero-order valence-electron chi connectivity index (χ0n) is 8.18. The molecule has 0 aromatic rings. The molecule has 1 N–H and O–H groups in total. The fraction of sp³-hybridized carbons (Fsp3) is 0.667. The number of nitrogens with zero attached hydrogens (tertiary/aromatic N) is 1. The number of carbonyl (C=O) groups is 1. The van der Waals surface area contributed by atoms with Crippen LogP contribution in [0.25, 0.3) is 0 Å². The van der Waals surface area contributed by atoms with E-state index in [1.807, 2.05) is 17.9 Å². The Bertz CT molecular complexity index is 199. The minimum absolute atomic E-state index is 0. The molecule has 0 amide bonds. The first-order valence-corrected chi connectivity index (χ1v) is 4.28. The van der Waals surface area contributed by atoms with Crippen molar-refractivity contribution in [3.8, 4) is 0 Å². The third-order valence-electron chi connectivity index (χ3n) is 2.46. The van der Waals surface area contributed by atoms with E-state index in [4.69, 9.17) is 5.11 Å². The monoisotopic (exact) mass is 241 g/mol. The van der Waals surface area contributed by atoms with E-state index in [0.29, 0.717) is 12.3 Å². The van der Waals surface area contributed by atoms with E-state index in [2.05, 4.69) is 6.58 Å². The van der Waals surface area contributed by atoms with Gasteiger partial charge in [-0.25, -0.2) is 0 Å². The van der Waals surface area contributed by atoms with Crippen LogP contribution in [0.2, 0.25) is 0 Å². The summed E-state index contributed by atoms with van der Waals surface area (Å²) in [6.07, 6.45) is 2.57. The molecule has 3 nitrogen and oxygen atoms in total. The summed E-state index contributed by atoms with van der Waals surface area (Å²) in [7, 11) is 0. The Kier molecular flexibility index (Phi) is 8.21. The Morgan fingerprint density at radius 2 is 2.21 bits per heavy atom. The zero-order valence-corrected chi connectivity index (χ0v) is 9.81. The zero-order chi connectivity index (χ0) is 9.14. The van der Waals surface area contributed by atoms with Crippen molar-refractivity contribution >= 4 is 30.8 Å². The summed E-state index contributed by atoms with van der Waals surface area (Å²) in [6.45, 7) is 7.32. The summed E-state index contributed by atoms with van der Waals surface area (Å²) in [6, 6.07) is -0.294. The first-order chi connectivity index (χ1) is 5.69. The molecule has 0 bridgehead atoms. The van der Waals surface area contributed by atoms with Gasteiger partial charge < -0.3 is 5.11 Å². The van der Waals surface area contributed by atoms with Crippen molar-refractivity contribution in [2.45, 2.75) is 19.4 Å². The smallest absolute Gasteiger partial charge is 0.320 e. The lowest BCUT2D eigenvalue weighted by atomic mass is 10.1. The van der Waals surface area contributed by atoms with Gasteiger partial charge in [-0.2, -0.15) is 0 Å². The number of likely N-dealkylation sites (N-methyl/N-ethyl adjacent to an activating group) is 1. The number of carboxylic acids is 1. The fourth-order valence-electron chi connectivity index (χ4n) is 1.72. The lowest BCUT2D eigenvalue weighted by Gasteiger charge is -2.17. The Morgan fingerprint density at radius 3 is 2.50 bits per heavy atom. The first kappa shape index (κ1) is 16.2. The van der Waals surface area contributed by atoms with Crippen molar-refractivity contribution in [1.82, 2.24) is 4.90 Å². The molecule has 2 unspecified atom stereocenters. The summed E-state index contributed by atoms with van der Waals surface area (Å²) in [5.41, 5.74) is 0. The van der Waals surface area contributed by atoms with Crippen molar-refractivity contribution in [3.05, 3.63) is 12.7 Å². The highest BCUT2D eigenvalue weighted by molar-refractivity contribution is 5.85. The van der Waals surface area contributed by atoms with Crippen molar-refractivity contribution in [3.63, 3.8) is 0 Å². The van der Waals surface area contributed by atoms with E-state index in [9.17, 15) is 4.79 Å². The van der Waals surface area contributed by atoms with Crippen LogP contribution in [-0.2, 0) is 4.79 Å². The highest BCUT2D eigenvalue weighted by Crippen LogP contribution is 2.23. The van der Waals surface area contributed by atoms with Gasteiger partial charge in [0.15, 0.2) is 0 Å². The molecule has 1 aliphatic heterocycles. The van der Waals surface area contributed by atoms with Crippen molar-refractivity contribution in [2.24, 2.45) is 5.92 Å². The van der Waals surface area contributed by atoms with Gasteiger partial charge in [-0.3, -0.25) is 9.69 Å². The second-order valence-corrected chi connectivity index (χ2v) is 3.17. The molecule has 5 heteroatoms. The van der Waals surface area contributed by atoms with Gasteiger partial charge >= 0.3 is 5.97 Å². The van der Waals surface area contributed by atoms with E-state index in [1.165, 1.54) is 0 Å². The number of likely N-dealkylation sites (tertiary alicyclic amines) is 1. The molecule has 1 rings (SSSR count). The van der Waals surface area contributed by atoms with E-state index >= 15 is 0 Å². The van der Waals surface area contributed by atoms with Crippen LogP contribution in [0.3, 0.4) is 0 Å². The summed E-state index contributed by atoms with van der Waals surface area (Å²) in [5.74, 6) is -0.354. The summed E-state index contributed by atoms with van der Waals surface area (Å²) in [4.78, 5) is 12.7. The lowest BCUT2D eigenvalue weighted by Crippen LogP contribution is -2.35. The van der Waals surface area contributed by atoms with Crippen LogP contribution in [0, 0.1) is 5.92 Å². The van der Waals surface area contributed by atoms with Gasteiger partial charge in [-0.15, -0.1) is 31.4 Å². The lowest BCUT2D eigenvalue weighted by molar-refractivity contribution is -0.142. The molecule has 14 heavy (non-hydrogen) atoms. The predicted molar refractivity (Wildman–Crippen MR) is 61.5 cm³/mol. The van der Waals surface area contributed by atoms with Crippen molar-refractivity contribution in [1.29, 1.82) is 0 Å². The maximum Gasteiger partial charge on any atom is 0.320 e. The molecule has 1 aliphatic rings. The summed E-state index contributed by atoms with van der Waals surface area (Å²) >= 11 is 0. The Morgan fingerprint density at radius 1 is 1.64 bits per heavy atom. The molecule has 1 saturated heterocycles. The average molecular weight is 242 g/mol. The van der Waals surface area contributed by atoms with Crippen LogP contribution in [0.5, 0.6) is 0 Å². The van der Waals surface area contributed by atoms with Gasteiger partial charge in [-0.1, -0.05) is 13.0 Å². The van der Waals surface area contributed by atoms with Crippen LogP contribution in [0.1, 0.15) is 13.3 Å². The fourth-order valence-corrected chi connectivity index (χ4v) is 1.72. The SMILES string of the molecule is C=CC1CC(C(=O)O)N(CC)C1.Cl.Cl. The number of hydrogen-bond donors (Lipinski definition) is 1. The normalized spacial score (nSPS) is 26.1. The van der Waals surface area contributed by atoms with Crippen LogP contribution in [0.15, 0.2) is 12.7 Å². The van der Waals surface area contributed by atoms with Gasteiger partial charge in [0.2, 0.25) is 0 Å². The molecule has 0 spiro atoms. The third kappa shape index (κ3) is 3.48. The minimum Gasteiger partial charge on any atom is -0.480 e. The van der Waals surface area contributed by atoms with Crippen molar-refractivity contribution < 1.29 is 9.90 Å². The number of halogens is 2. The first-order valence-electron chi connectivity index (χ1n) is 4.28. The van der Waals surface area contributed by atoms with Gasteiger partial charge in [0.1, 0.15) is 6.04 Å². The molecule has 0 aromatic carbocycles. The molecule has 0 aliphatic carbocycles. The number of hydrogen-bond acceptors (Lipinski definition) is 2. The highest BCUT2D eigenvalue weighted by Gasteiger charge is 2.34. The van der Waals surface area contributed by atoms with Gasteiger partial charge in [0.25, 0.3) is 0 Å². The Labute approximate surface area is 97.0 Å². The average Bonchev–Trinajstić information content (AvgIpc) is 2.47. The second-order valence-electron chi connectivity index (χ2n) is 3.17. The minimum atomic E-state index is -0.707. The van der Waals surface area contributed by atoms with Crippen LogP contribution in [0.4, 0.5) is 0 Å². The van der Waals surface area contributed by atoms with Crippen LogP contribution in [-0.4, -0.2) is 35.1 Å². The predicted octanol–water partition coefficient (Wildman–Crippen LogP) is 1.81. The highest BCUT2D eigenvalue weighted by atomic mass is 35.5. The largest absolute Gasteiger partial charge is 0.480 e. The second kappa shape index (κ2) is 7.10. The quantitative estimate of drug-likeness (QED) is 0.767. The van der Waals surface area contributed by atoms with E-state index < -0.39 is 5.97 Å². The molecule has 84 valence electrons. The van der Waals surface area contributed by atoms with Crippen molar-refractivity contribution in [2.75, 3.05) is 13.1 Å². The van der Waals surface area contributed by atoms with Gasteiger partial charge in [0.05, 0.1) is 0 Å². The topological polar surface area (TPSA) is 40.5 Å². The molecule has 0 radical (unpaired) electrons. The van der Waals surface area contributed by atoms with Crippen LogP contribution < -0.4 is 0 Å². The Balaban J connectivity index is 0. The van der Waals surface area contributed by atoms with Crippen LogP contribution >= 0.6 is 24.8 Å². The number of rotatable bonds is 3. The van der Waals surface area contributed by atoms with E-state index in [0.717, 1.165) is 13.1 Å². The number of carboxylic acid groups (broad SMARTS) is 1. The van der Waals surface area contributed by atoms with Gasteiger partial charge in [-0.05, 0) is 18.9 Å². The standard InChI is InChI=1S/C9H15NO2.2ClH/c1-3-7-5-8(9(11)12)10(4-2)6-7;;/h3,7-8H,1,4-6H2,2H3,(H,11,12);2*1H. The molecule has 1 fully saturated rings. The van der Waals surface area contributed by atoms with Gasteiger partial charge in [0, 0.05) is 6.54 Å². The maximum atomic E-state index is 10.8. The number of aliphatic carboxylic acids is 1. The maximum absolute atomic E-state index is 10.8. The van der Waals surface area contributed by atoms with E-state index in [1.54, 1.807) is 0 Å². The van der Waals surface area contributed by atoms with E-state index in [-0.39, 0.29) is 30.9 Å². The molecule has 2 atom stereocenters. The summed E-state index contributed by atoms with van der Waals surface area (Å²) < 4.78 is 0. The molecule has 0 aromatic heterocycles. The Hall–Kier alpha value is -0.250.